The van der Waals surface area contributed by atoms with E-state index in [4.69, 9.17) is 12.2 Å². The van der Waals surface area contributed by atoms with Gasteiger partial charge in [-0.3, -0.25) is 4.72 Å². The normalized spacial score (nSPS) is 10.9. The van der Waals surface area contributed by atoms with Crippen LogP contribution >= 0.6 is 12.2 Å². The molecule has 8 heteroatoms. The predicted molar refractivity (Wildman–Crippen MR) is 93.5 cm³/mol. The molecule has 0 atom stereocenters. The van der Waals surface area contributed by atoms with Gasteiger partial charge in [-0.2, -0.15) is 0 Å². The highest BCUT2D eigenvalue weighted by atomic mass is 32.2. The van der Waals surface area contributed by atoms with Gasteiger partial charge in [0, 0.05) is 12.2 Å². The van der Waals surface area contributed by atoms with Crippen LogP contribution in [-0.2, 0) is 10.0 Å². The van der Waals surface area contributed by atoms with Crippen LogP contribution in [0.25, 0.3) is 0 Å². The van der Waals surface area contributed by atoms with Crippen molar-refractivity contribution in [1.29, 1.82) is 0 Å². The number of thiocarbonyl (C=S) groups is 1. The largest absolute Gasteiger partial charge is 0.363 e. The third-order valence-electron chi connectivity index (χ3n) is 2.86. The third-order valence-corrected chi connectivity index (χ3v) is 4.47. The summed E-state index contributed by atoms with van der Waals surface area (Å²) in [6.07, 6.45) is 0. The maximum absolute atomic E-state index is 13.6. The van der Waals surface area contributed by atoms with Gasteiger partial charge in [0.2, 0.25) is 0 Å². The molecular formula is C15H16FN3O2S2. The Morgan fingerprint density at radius 2 is 1.91 bits per heavy atom. The number of nitrogens with one attached hydrogen (secondary N) is 3. The van der Waals surface area contributed by atoms with Crippen LogP contribution in [0.15, 0.2) is 53.4 Å². The molecule has 0 saturated carbocycles. The molecule has 0 aromatic heterocycles. The standard InChI is InChI=1S/C15H16FN3O2S2/c1-2-17-15(22)18-11-6-5-7-12(10-11)23(20,21)19-14-9-4-3-8-13(14)16/h3-10,19H,2H2,1H3,(H2,17,18,22). The van der Waals surface area contributed by atoms with Gasteiger partial charge >= 0.3 is 0 Å². The number of sulfonamides is 1. The maximum atomic E-state index is 13.6. The lowest BCUT2D eigenvalue weighted by Gasteiger charge is -2.12. The fourth-order valence-corrected chi connectivity index (χ4v) is 3.20. The van der Waals surface area contributed by atoms with Crippen molar-refractivity contribution in [3.8, 4) is 0 Å². The Morgan fingerprint density at radius 1 is 1.17 bits per heavy atom. The van der Waals surface area contributed by atoms with Gasteiger partial charge in [-0.1, -0.05) is 18.2 Å². The van der Waals surface area contributed by atoms with Crippen LogP contribution < -0.4 is 15.4 Å². The molecule has 0 heterocycles. The summed E-state index contributed by atoms with van der Waals surface area (Å²) >= 11 is 5.06. The Morgan fingerprint density at radius 3 is 2.61 bits per heavy atom. The Hall–Kier alpha value is -2.19. The van der Waals surface area contributed by atoms with Crippen LogP contribution in [0.5, 0.6) is 0 Å². The zero-order valence-corrected chi connectivity index (χ0v) is 14.0. The molecule has 0 amide bonds. The van der Waals surface area contributed by atoms with E-state index >= 15 is 0 Å². The van der Waals surface area contributed by atoms with E-state index < -0.39 is 15.8 Å². The van der Waals surface area contributed by atoms with E-state index in [-0.39, 0.29) is 10.6 Å². The van der Waals surface area contributed by atoms with Crippen LogP contribution in [0.3, 0.4) is 0 Å². The van der Waals surface area contributed by atoms with Crippen molar-refractivity contribution in [3.05, 3.63) is 54.3 Å². The van der Waals surface area contributed by atoms with Gasteiger partial charge in [-0.15, -0.1) is 0 Å². The molecule has 0 fully saturated rings. The average Bonchev–Trinajstić information content (AvgIpc) is 2.50. The molecule has 3 N–H and O–H groups in total. The lowest BCUT2D eigenvalue weighted by molar-refractivity contribution is 0.598. The molecule has 2 aromatic carbocycles. The van der Waals surface area contributed by atoms with E-state index in [1.807, 2.05) is 6.92 Å². The Bertz CT molecular complexity index is 810. The van der Waals surface area contributed by atoms with Crippen molar-refractivity contribution in [3.63, 3.8) is 0 Å². The van der Waals surface area contributed by atoms with Crippen LogP contribution in [0.4, 0.5) is 15.8 Å². The Kier molecular flexibility index (Phi) is 5.51. The summed E-state index contributed by atoms with van der Waals surface area (Å²) in [5, 5.41) is 6.18. The summed E-state index contributed by atoms with van der Waals surface area (Å²) in [5.74, 6) is -0.640. The van der Waals surface area contributed by atoms with Crippen molar-refractivity contribution >= 4 is 38.7 Å². The zero-order chi connectivity index (χ0) is 16.9. The average molecular weight is 353 g/mol. The number of halogens is 1. The number of hydrogen-bond donors (Lipinski definition) is 3. The summed E-state index contributed by atoms with van der Waals surface area (Å²) < 4.78 is 40.6. The maximum Gasteiger partial charge on any atom is 0.262 e. The van der Waals surface area contributed by atoms with Crippen LogP contribution in [0.1, 0.15) is 6.92 Å². The third kappa shape index (κ3) is 4.64. The van der Waals surface area contributed by atoms with Crippen LogP contribution in [-0.4, -0.2) is 20.1 Å². The minimum absolute atomic E-state index is 0.00468. The molecular weight excluding hydrogens is 337 g/mol. The number of para-hydroxylation sites is 1. The number of hydrogen-bond acceptors (Lipinski definition) is 3. The first kappa shape index (κ1) is 17.2. The highest BCUT2D eigenvalue weighted by Gasteiger charge is 2.16. The van der Waals surface area contributed by atoms with E-state index in [0.29, 0.717) is 17.3 Å². The minimum Gasteiger partial charge on any atom is -0.363 e. The van der Waals surface area contributed by atoms with E-state index in [0.717, 1.165) is 0 Å². The second kappa shape index (κ2) is 7.38. The van der Waals surface area contributed by atoms with Crippen LogP contribution in [0.2, 0.25) is 0 Å². The zero-order valence-electron chi connectivity index (χ0n) is 12.3. The summed E-state index contributed by atoms with van der Waals surface area (Å²) in [6.45, 7) is 2.55. The van der Waals surface area contributed by atoms with Crippen LogP contribution in [0, 0.1) is 5.82 Å². The van der Waals surface area contributed by atoms with E-state index in [1.54, 1.807) is 18.2 Å². The summed E-state index contributed by atoms with van der Waals surface area (Å²) in [7, 11) is -3.90. The number of benzene rings is 2. The van der Waals surface area contributed by atoms with E-state index in [2.05, 4.69) is 15.4 Å². The molecule has 122 valence electrons. The Balaban J connectivity index is 2.23. The molecule has 0 unspecified atom stereocenters. The Labute approximate surface area is 140 Å². The van der Waals surface area contributed by atoms with Gasteiger partial charge in [0.05, 0.1) is 10.6 Å². The summed E-state index contributed by atoms with van der Waals surface area (Å²) in [5.41, 5.74) is 0.418. The van der Waals surface area contributed by atoms with Crippen molar-refractivity contribution in [2.45, 2.75) is 11.8 Å². The SMILES string of the molecule is CCNC(=S)Nc1cccc(S(=O)(=O)Nc2ccccc2F)c1. The van der Waals surface area contributed by atoms with Gasteiger partial charge in [-0.05, 0) is 49.5 Å². The smallest absolute Gasteiger partial charge is 0.262 e. The second-order valence-corrected chi connectivity index (χ2v) is 6.69. The van der Waals surface area contributed by atoms with Gasteiger partial charge in [0.1, 0.15) is 5.82 Å². The molecule has 23 heavy (non-hydrogen) atoms. The fourth-order valence-electron chi connectivity index (χ4n) is 1.82. The highest BCUT2D eigenvalue weighted by molar-refractivity contribution is 7.92. The van der Waals surface area contributed by atoms with Gasteiger partial charge in [-0.25, -0.2) is 12.8 Å². The first-order valence-electron chi connectivity index (χ1n) is 6.84. The molecule has 0 aliphatic rings. The lowest BCUT2D eigenvalue weighted by atomic mass is 10.3. The van der Waals surface area contributed by atoms with Crippen molar-refractivity contribution < 1.29 is 12.8 Å². The first-order valence-corrected chi connectivity index (χ1v) is 8.74. The fraction of sp³-hybridized carbons (Fsp3) is 0.133. The molecule has 2 rings (SSSR count). The predicted octanol–water partition coefficient (Wildman–Crippen LogP) is 2.93. The molecule has 0 saturated heterocycles. The molecule has 0 aliphatic heterocycles. The van der Waals surface area contributed by atoms with Gasteiger partial charge in [0.15, 0.2) is 5.11 Å². The van der Waals surface area contributed by atoms with Gasteiger partial charge in [0.25, 0.3) is 10.0 Å². The van der Waals surface area contributed by atoms with Crippen molar-refractivity contribution in [1.82, 2.24) is 5.32 Å². The van der Waals surface area contributed by atoms with E-state index in [9.17, 15) is 12.8 Å². The summed E-state index contributed by atoms with van der Waals surface area (Å²) in [6, 6.07) is 11.7. The molecule has 0 bridgehead atoms. The van der Waals surface area contributed by atoms with Crippen molar-refractivity contribution in [2.24, 2.45) is 0 Å². The first-order chi connectivity index (χ1) is 10.9. The lowest BCUT2D eigenvalue weighted by Crippen LogP contribution is -2.28. The second-order valence-electron chi connectivity index (χ2n) is 4.60. The topological polar surface area (TPSA) is 70.2 Å². The molecule has 0 aliphatic carbocycles. The molecule has 5 nitrogen and oxygen atoms in total. The summed E-state index contributed by atoms with van der Waals surface area (Å²) in [4.78, 5) is 0.00468. The monoisotopic (exact) mass is 353 g/mol. The van der Waals surface area contributed by atoms with E-state index in [1.165, 1.54) is 30.3 Å². The molecule has 0 radical (unpaired) electrons. The minimum atomic E-state index is -3.90. The van der Waals surface area contributed by atoms with Gasteiger partial charge < -0.3 is 10.6 Å². The molecule has 2 aromatic rings. The number of rotatable bonds is 5. The highest BCUT2D eigenvalue weighted by Crippen LogP contribution is 2.21. The quantitative estimate of drug-likeness (QED) is 0.721. The molecule has 0 spiro atoms. The van der Waals surface area contributed by atoms with Crippen molar-refractivity contribution in [2.75, 3.05) is 16.6 Å². The number of anilines is 2.